The monoisotopic (exact) mass is 325 g/mol. The van der Waals surface area contributed by atoms with Gasteiger partial charge in [-0.1, -0.05) is 11.6 Å². The van der Waals surface area contributed by atoms with Gasteiger partial charge in [0.25, 0.3) is 0 Å². The Morgan fingerprint density at radius 3 is 2.96 bits per heavy atom. The third kappa shape index (κ3) is 2.92. The van der Waals surface area contributed by atoms with Gasteiger partial charge in [0.15, 0.2) is 0 Å². The fraction of sp³-hybridized carbons (Fsp3) is 0.438. The van der Waals surface area contributed by atoms with Gasteiger partial charge in [-0.3, -0.25) is 9.88 Å². The van der Waals surface area contributed by atoms with E-state index in [-0.39, 0.29) is 6.04 Å². The number of nitrogens with zero attached hydrogens (tertiary/aromatic N) is 7. The van der Waals surface area contributed by atoms with Crippen LogP contribution in [0.1, 0.15) is 37.0 Å². The molecule has 1 unspecified atom stereocenters. The van der Waals surface area contributed by atoms with Crippen molar-refractivity contribution in [1.29, 1.82) is 0 Å². The Labute approximate surface area is 139 Å². The van der Waals surface area contributed by atoms with Crippen LogP contribution in [-0.4, -0.2) is 41.1 Å². The molecule has 0 spiro atoms. The number of hydrogen-bond acceptors (Lipinski definition) is 7. The third-order valence-electron chi connectivity index (χ3n) is 4.37. The summed E-state index contributed by atoms with van der Waals surface area (Å²) in [5.41, 5.74) is 0.617. The largest absolute Gasteiger partial charge is 0.337 e. The van der Waals surface area contributed by atoms with Gasteiger partial charge in [0.1, 0.15) is 11.5 Å². The molecule has 1 aliphatic rings. The zero-order valence-electron chi connectivity index (χ0n) is 13.5. The van der Waals surface area contributed by atoms with E-state index in [0.29, 0.717) is 24.0 Å². The molecule has 0 N–H and O–H groups in total. The minimum absolute atomic E-state index is 0.283. The van der Waals surface area contributed by atoms with Gasteiger partial charge in [-0.15, -0.1) is 0 Å². The van der Waals surface area contributed by atoms with Crippen LogP contribution in [0, 0.1) is 0 Å². The summed E-state index contributed by atoms with van der Waals surface area (Å²) in [7, 11) is 2.04. The van der Waals surface area contributed by atoms with Crippen molar-refractivity contribution in [2.24, 2.45) is 7.05 Å². The number of aromatic nitrogens is 6. The number of rotatable bonds is 4. The standard InChI is InChI=1S/C16H19N7O/c1-22-9-7-19-16(22)13-4-2-3-8-23(13)11-14-20-15(21-24-14)12-10-17-5-6-18-12/h5-7,9-10,13H,2-4,8,11H2,1H3. The van der Waals surface area contributed by atoms with Gasteiger partial charge in [-0.2, -0.15) is 4.98 Å². The predicted molar refractivity (Wildman–Crippen MR) is 85.5 cm³/mol. The second kappa shape index (κ2) is 6.48. The van der Waals surface area contributed by atoms with Crippen molar-refractivity contribution < 1.29 is 4.52 Å². The second-order valence-electron chi connectivity index (χ2n) is 5.98. The normalized spacial score (nSPS) is 18.8. The molecular weight excluding hydrogens is 306 g/mol. The van der Waals surface area contributed by atoms with E-state index in [9.17, 15) is 0 Å². The predicted octanol–water partition coefficient (Wildman–Crippen LogP) is 1.99. The molecule has 1 atom stereocenters. The number of likely N-dealkylation sites (tertiary alicyclic amines) is 1. The van der Waals surface area contributed by atoms with E-state index < -0.39 is 0 Å². The van der Waals surface area contributed by atoms with E-state index >= 15 is 0 Å². The number of piperidine rings is 1. The SMILES string of the molecule is Cn1ccnc1C1CCCCN1Cc1nc(-c2cnccn2)no1. The smallest absolute Gasteiger partial charge is 0.241 e. The molecule has 1 fully saturated rings. The maximum atomic E-state index is 5.42. The molecule has 24 heavy (non-hydrogen) atoms. The Morgan fingerprint density at radius 2 is 2.17 bits per heavy atom. The summed E-state index contributed by atoms with van der Waals surface area (Å²) < 4.78 is 7.51. The molecule has 0 amide bonds. The highest BCUT2D eigenvalue weighted by atomic mass is 16.5. The highest BCUT2D eigenvalue weighted by Crippen LogP contribution is 2.30. The molecule has 8 heteroatoms. The Balaban J connectivity index is 1.53. The molecule has 8 nitrogen and oxygen atoms in total. The molecule has 0 bridgehead atoms. The first kappa shape index (κ1) is 14.9. The molecule has 124 valence electrons. The highest BCUT2D eigenvalue weighted by molar-refractivity contribution is 5.45. The highest BCUT2D eigenvalue weighted by Gasteiger charge is 2.28. The van der Waals surface area contributed by atoms with Crippen LogP contribution in [0.4, 0.5) is 0 Å². The summed E-state index contributed by atoms with van der Waals surface area (Å²) in [4.78, 5) is 19.6. The molecule has 3 aromatic rings. The van der Waals surface area contributed by atoms with E-state index in [1.807, 2.05) is 19.4 Å². The first-order valence-electron chi connectivity index (χ1n) is 8.11. The average molecular weight is 325 g/mol. The van der Waals surface area contributed by atoms with Crippen molar-refractivity contribution in [2.45, 2.75) is 31.8 Å². The van der Waals surface area contributed by atoms with Crippen LogP contribution in [0.5, 0.6) is 0 Å². The third-order valence-corrected chi connectivity index (χ3v) is 4.37. The van der Waals surface area contributed by atoms with Crippen molar-refractivity contribution in [2.75, 3.05) is 6.54 Å². The molecule has 0 aromatic carbocycles. The summed E-state index contributed by atoms with van der Waals surface area (Å²) >= 11 is 0. The van der Waals surface area contributed by atoms with E-state index in [1.54, 1.807) is 18.6 Å². The van der Waals surface area contributed by atoms with Crippen LogP contribution in [-0.2, 0) is 13.6 Å². The van der Waals surface area contributed by atoms with Crippen molar-refractivity contribution in [3.63, 3.8) is 0 Å². The Morgan fingerprint density at radius 1 is 1.21 bits per heavy atom. The van der Waals surface area contributed by atoms with Crippen LogP contribution in [0.25, 0.3) is 11.5 Å². The van der Waals surface area contributed by atoms with Gasteiger partial charge in [0.2, 0.25) is 11.7 Å². The summed E-state index contributed by atoms with van der Waals surface area (Å²) in [5, 5.41) is 4.02. The fourth-order valence-electron chi connectivity index (χ4n) is 3.18. The van der Waals surface area contributed by atoms with Crippen molar-refractivity contribution in [3.05, 3.63) is 42.7 Å². The van der Waals surface area contributed by atoms with Gasteiger partial charge in [0, 0.05) is 31.8 Å². The Hall–Kier alpha value is -2.61. The number of hydrogen-bond donors (Lipinski definition) is 0. The number of imidazole rings is 1. The number of aryl methyl sites for hydroxylation is 1. The summed E-state index contributed by atoms with van der Waals surface area (Å²) in [6, 6.07) is 0.283. The zero-order chi connectivity index (χ0) is 16.4. The van der Waals surface area contributed by atoms with E-state index in [1.165, 1.54) is 12.8 Å². The van der Waals surface area contributed by atoms with Crippen LogP contribution in [0.15, 0.2) is 35.5 Å². The lowest BCUT2D eigenvalue weighted by molar-refractivity contribution is 0.116. The fourth-order valence-corrected chi connectivity index (χ4v) is 3.18. The molecule has 4 rings (SSSR count). The van der Waals surface area contributed by atoms with Gasteiger partial charge >= 0.3 is 0 Å². The second-order valence-corrected chi connectivity index (χ2v) is 5.98. The van der Waals surface area contributed by atoms with Crippen LogP contribution in [0.3, 0.4) is 0 Å². The lowest BCUT2D eigenvalue weighted by Crippen LogP contribution is -2.34. The molecule has 0 saturated carbocycles. The van der Waals surface area contributed by atoms with E-state index in [2.05, 4.69) is 34.6 Å². The molecule has 3 aromatic heterocycles. The van der Waals surface area contributed by atoms with Crippen molar-refractivity contribution in [3.8, 4) is 11.5 Å². The van der Waals surface area contributed by atoms with Crippen LogP contribution in [0.2, 0.25) is 0 Å². The van der Waals surface area contributed by atoms with Crippen LogP contribution < -0.4 is 0 Å². The minimum atomic E-state index is 0.283. The lowest BCUT2D eigenvalue weighted by atomic mass is 10.0. The molecular formula is C16H19N7O. The average Bonchev–Trinajstić information content (AvgIpc) is 3.25. The van der Waals surface area contributed by atoms with Gasteiger partial charge in [-0.25, -0.2) is 9.97 Å². The van der Waals surface area contributed by atoms with E-state index in [0.717, 1.165) is 18.8 Å². The maximum Gasteiger partial charge on any atom is 0.241 e. The van der Waals surface area contributed by atoms with Gasteiger partial charge in [-0.05, 0) is 19.4 Å². The van der Waals surface area contributed by atoms with E-state index in [4.69, 9.17) is 4.52 Å². The van der Waals surface area contributed by atoms with Crippen molar-refractivity contribution in [1.82, 2.24) is 34.6 Å². The Kier molecular flexibility index (Phi) is 4.04. The maximum absolute atomic E-state index is 5.42. The summed E-state index contributed by atoms with van der Waals surface area (Å²) in [5.74, 6) is 2.16. The summed E-state index contributed by atoms with van der Waals surface area (Å²) in [6.45, 7) is 1.62. The van der Waals surface area contributed by atoms with Gasteiger partial charge in [0.05, 0.1) is 18.8 Å². The van der Waals surface area contributed by atoms with Crippen molar-refractivity contribution >= 4 is 0 Å². The summed E-state index contributed by atoms with van der Waals surface area (Å²) in [6.07, 6.45) is 12.2. The quantitative estimate of drug-likeness (QED) is 0.725. The molecule has 0 radical (unpaired) electrons. The molecule has 4 heterocycles. The topological polar surface area (TPSA) is 85.8 Å². The van der Waals surface area contributed by atoms with Gasteiger partial charge < -0.3 is 9.09 Å². The minimum Gasteiger partial charge on any atom is -0.337 e. The Bertz CT molecular complexity index is 798. The zero-order valence-corrected chi connectivity index (χ0v) is 13.5. The lowest BCUT2D eigenvalue weighted by Gasteiger charge is -2.34. The molecule has 0 aliphatic carbocycles. The first-order chi connectivity index (χ1) is 11.8. The first-order valence-corrected chi connectivity index (χ1v) is 8.11. The van der Waals surface area contributed by atoms with Crippen LogP contribution >= 0.6 is 0 Å². The molecule has 1 aliphatic heterocycles. The molecule has 1 saturated heterocycles.